The molecule has 0 saturated carbocycles. The van der Waals surface area contributed by atoms with Crippen LogP contribution < -0.4 is 30.5 Å². The Morgan fingerprint density at radius 1 is 0.221 bits per heavy atom. The molecule has 9 rings (SSSR count). The van der Waals surface area contributed by atoms with Gasteiger partial charge in [-0.1, -0.05) is 221 Å². The Morgan fingerprint density at radius 3 is 0.574 bits per heavy atom. The quantitative estimate of drug-likeness (QED) is 0.0889. The zero-order chi connectivity index (χ0) is 48.2. The molecule has 0 spiro atoms. The van der Waals surface area contributed by atoms with Gasteiger partial charge in [0, 0.05) is 34.1 Å². The molecular weight excluding hydrogens is 885 g/mol. The Morgan fingerprint density at radius 2 is 0.397 bits per heavy atom. The van der Waals surface area contributed by atoms with E-state index >= 15 is 0 Å². The molecule has 342 valence electrons. The SMILES string of the molecule is C[Si](C)(C)c1ccc(N(c2ccc(-c3c4ccccc4c(-c4ccc(N(c5ccc([Si](C)(C)C)cc5)c5ccc([Si](C)(C)C)cc5)cc4)c4ccccc34)cc2)c2ccc([Si](C)(C)C)cc2)cc1. The summed E-state index contributed by atoms with van der Waals surface area (Å²) in [6.07, 6.45) is 0. The zero-order valence-electron chi connectivity index (χ0n) is 42.4. The van der Waals surface area contributed by atoms with Crippen LogP contribution in [-0.4, -0.2) is 32.3 Å². The largest absolute Gasteiger partial charge is 0.311 e. The number of rotatable bonds is 12. The molecular formula is C62H68N2Si4. The molecule has 2 nitrogen and oxygen atoms in total. The van der Waals surface area contributed by atoms with Gasteiger partial charge in [-0.25, -0.2) is 0 Å². The molecule has 0 aliphatic heterocycles. The van der Waals surface area contributed by atoms with Gasteiger partial charge in [0.05, 0.1) is 32.3 Å². The van der Waals surface area contributed by atoms with Crippen LogP contribution in [0.15, 0.2) is 194 Å². The van der Waals surface area contributed by atoms with E-state index in [1.165, 1.54) is 87.3 Å². The molecule has 9 aromatic carbocycles. The fourth-order valence-corrected chi connectivity index (χ4v) is 14.3. The van der Waals surface area contributed by atoms with Crippen molar-refractivity contribution in [3.05, 3.63) is 194 Å². The predicted molar refractivity (Wildman–Crippen MR) is 314 cm³/mol. The van der Waals surface area contributed by atoms with Gasteiger partial charge in [-0.3, -0.25) is 0 Å². The third-order valence-electron chi connectivity index (χ3n) is 13.7. The van der Waals surface area contributed by atoms with Gasteiger partial charge < -0.3 is 9.80 Å². The highest BCUT2D eigenvalue weighted by molar-refractivity contribution is 6.90. The second-order valence-electron chi connectivity index (χ2n) is 22.8. The molecule has 0 bridgehead atoms. The van der Waals surface area contributed by atoms with Gasteiger partial charge >= 0.3 is 0 Å². The molecule has 0 aromatic heterocycles. The fourth-order valence-electron chi connectivity index (χ4n) is 9.64. The summed E-state index contributed by atoms with van der Waals surface area (Å²) in [6, 6.07) is 73.9. The first-order chi connectivity index (χ1) is 32.3. The maximum absolute atomic E-state index is 2.42. The van der Waals surface area contributed by atoms with E-state index < -0.39 is 32.3 Å². The van der Waals surface area contributed by atoms with Crippen LogP contribution in [0.5, 0.6) is 0 Å². The first-order valence-corrected chi connectivity index (χ1v) is 38.4. The second kappa shape index (κ2) is 18.1. The highest BCUT2D eigenvalue weighted by atomic mass is 28.3. The summed E-state index contributed by atoms with van der Waals surface area (Å²) >= 11 is 0. The lowest BCUT2D eigenvalue weighted by Gasteiger charge is -2.28. The van der Waals surface area contributed by atoms with Crippen molar-refractivity contribution in [3.63, 3.8) is 0 Å². The van der Waals surface area contributed by atoms with Gasteiger partial charge in [-0.15, -0.1) is 0 Å². The molecule has 0 heterocycles. The summed E-state index contributed by atoms with van der Waals surface area (Å²) in [7, 11) is -5.82. The molecule has 0 fully saturated rings. The minimum absolute atomic E-state index is 1.15. The van der Waals surface area contributed by atoms with Crippen LogP contribution in [-0.2, 0) is 0 Å². The zero-order valence-corrected chi connectivity index (χ0v) is 46.4. The molecule has 6 heteroatoms. The van der Waals surface area contributed by atoms with E-state index in [4.69, 9.17) is 0 Å². The van der Waals surface area contributed by atoms with Crippen molar-refractivity contribution in [2.45, 2.75) is 78.6 Å². The minimum Gasteiger partial charge on any atom is -0.311 e. The molecule has 68 heavy (non-hydrogen) atoms. The van der Waals surface area contributed by atoms with Crippen LogP contribution in [0.25, 0.3) is 43.8 Å². The van der Waals surface area contributed by atoms with Crippen molar-refractivity contribution in [1.82, 2.24) is 0 Å². The van der Waals surface area contributed by atoms with Gasteiger partial charge in [0.2, 0.25) is 0 Å². The summed E-state index contributed by atoms with van der Waals surface area (Å²) < 4.78 is 0. The molecule has 0 atom stereocenters. The van der Waals surface area contributed by atoms with E-state index in [0.717, 1.165) is 11.4 Å². The average Bonchev–Trinajstić information content (AvgIpc) is 3.31. The Hall–Kier alpha value is -6.03. The topological polar surface area (TPSA) is 6.48 Å². The fraction of sp³-hybridized carbons (Fsp3) is 0.194. The molecule has 0 N–H and O–H groups in total. The third kappa shape index (κ3) is 9.52. The van der Waals surface area contributed by atoms with E-state index in [2.05, 4.69) is 282 Å². The third-order valence-corrected chi connectivity index (χ3v) is 22.0. The first-order valence-electron chi connectivity index (χ1n) is 24.4. The van der Waals surface area contributed by atoms with Crippen molar-refractivity contribution in [3.8, 4) is 22.3 Å². The summed E-state index contributed by atoms with van der Waals surface area (Å²) in [5.41, 5.74) is 12.0. The van der Waals surface area contributed by atoms with Crippen molar-refractivity contribution in [2.75, 3.05) is 9.80 Å². The number of anilines is 6. The smallest absolute Gasteiger partial charge is 0.0775 e. The average molecular weight is 954 g/mol. The van der Waals surface area contributed by atoms with Crippen molar-refractivity contribution < 1.29 is 0 Å². The Balaban J connectivity index is 1.13. The molecule has 0 aliphatic rings. The number of hydrogen-bond acceptors (Lipinski definition) is 2. The van der Waals surface area contributed by atoms with Gasteiger partial charge in [0.25, 0.3) is 0 Å². The molecule has 0 radical (unpaired) electrons. The van der Waals surface area contributed by atoms with Gasteiger partial charge in [0.15, 0.2) is 0 Å². The van der Waals surface area contributed by atoms with Crippen LogP contribution in [0.4, 0.5) is 34.1 Å². The van der Waals surface area contributed by atoms with Gasteiger partial charge in [-0.2, -0.15) is 0 Å². The second-order valence-corrected chi connectivity index (χ2v) is 43.1. The molecule has 9 aromatic rings. The molecule has 0 saturated heterocycles. The number of nitrogens with zero attached hydrogens (tertiary/aromatic N) is 2. The summed E-state index contributed by atoms with van der Waals surface area (Å²) in [5, 5.41) is 10.9. The number of benzene rings is 9. The first kappa shape index (κ1) is 47.1. The van der Waals surface area contributed by atoms with E-state index in [1.807, 2.05) is 0 Å². The van der Waals surface area contributed by atoms with Crippen LogP contribution >= 0.6 is 0 Å². The van der Waals surface area contributed by atoms with E-state index in [-0.39, 0.29) is 0 Å². The maximum Gasteiger partial charge on any atom is 0.0775 e. The van der Waals surface area contributed by atoms with Crippen LogP contribution in [0.3, 0.4) is 0 Å². The van der Waals surface area contributed by atoms with Crippen molar-refractivity contribution >= 4 is 109 Å². The van der Waals surface area contributed by atoms with E-state index in [1.54, 1.807) is 0 Å². The molecule has 0 aliphatic carbocycles. The van der Waals surface area contributed by atoms with Crippen molar-refractivity contribution in [2.24, 2.45) is 0 Å². The standard InChI is InChI=1S/C62H68N2Si4/c1-65(2,3)53-37-29-49(30-38-53)63(50-31-39-54(40-32-50)66(4,5)6)47-25-21-45(22-26-47)61-57-17-13-15-19-59(57)62(60-20-16-14-18-58(60)61)46-23-27-48(28-24-46)64(51-33-41-55(42-34-51)67(7,8)9)52-35-43-56(44-36-52)68(10,11)12/h13-44H,1-12H3. The van der Waals surface area contributed by atoms with Crippen LogP contribution in [0, 0.1) is 0 Å². The Bertz CT molecular complexity index is 2810. The lowest BCUT2D eigenvalue weighted by Crippen LogP contribution is -2.37. The van der Waals surface area contributed by atoms with Crippen LogP contribution in [0.2, 0.25) is 78.6 Å². The number of hydrogen-bond donors (Lipinski definition) is 0. The summed E-state index contributed by atoms with van der Waals surface area (Å²) in [6.45, 7) is 29.0. The minimum atomic E-state index is -1.45. The van der Waals surface area contributed by atoms with Gasteiger partial charge in [-0.05, 0) is 117 Å². The normalized spacial score (nSPS) is 12.4. The Kier molecular flexibility index (Phi) is 12.5. The number of fused-ring (bicyclic) bond motifs is 2. The van der Waals surface area contributed by atoms with Crippen LogP contribution in [0.1, 0.15) is 0 Å². The monoisotopic (exact) mass is 952 g/mol. The van der Waals surface area contributed by atoms with E-state index in [9.17, 15) is 0 Å². The highest BCUT2D eigenvalue weighted by Crippen LogP contribution is 2.45. The highest BCUT2D eigenvalue weighted by Gasteiger charge is 2.24. The molecule has 0 unspecified atom stereocenters. The predicted octanol–water partition coefficient (Wildman–Crippen LogP) is 16.4. The lowest BCUT2D eigenvalue weighted by molar-refractivity contribution is 1.29. The van der Waals surface area contributed by atoms with Gasteiger partial charge in [0.1, 0.15) is 0 Å². The van der Waals surface area contributed by atoms with E-state index in [0.29, 0.717) is 0 Å². The lowest BCUT2D eigenvalue weighted by atomic mass is 9.86. The Labute approximate surface area is 411 Å². The molecule has 0 amide bonds. The summed E-state index contributed by atoms with van der Waals surface area (Å²) in [4.78, 5) is 4.83. The summed E-state index contributed by atoms with van der Waals surface area (Å²) in [5.74, 6) is 0. The van der Waals surface area contributed by atoms with Crippen molar-refractivity contribution in [1.29, 1.82) is 0 Å². The maximum atomic E-state index is 2.42.